The normalized spacial score (nSPS) is 15.2. The van der Waals surface area contributed by atoms with Crippen LogP contribution < -0.4 is 0 Å². The minimum Gasteiger partial charge on any atom is -0.450 e. The van der Waals surface area contributed by atoms with Crippen LogP contribution >= 0.6 is 31.9 Å². The zero-order valence-corrected chi connectivity index (χ0v) is 21.1. The van der Waals surface area contributed by atoms with Gasteiger partial charge in [-0.25, -0.2) is 4.79 Å². The highest BCUT2D eigenvalue weighted by Gasteiger charge is 2.30. The van der Waals surface area contributed by atoms with E-state index in [1.54, 1.807) is 31.0 Å². The molecule has 0 atom stereocenters. The van der Waals surface area contributed by atoms with Gasteiger partial charge in [-0.1, -0.05) is 13.0 Å². The monoisotopic (exact) mass is 579 g/mol. The van der Waals surface area contributed by atoms with E-state index in [1.807, 2.05) is 0 Å². The third kappa shape index (κ3) is 4.84. The minimum atomic E-state index is -0.327. The Morgan fingerprint density at radius 1 is 1.21 bits per heavy atom. The Bertz CT molecular complexity index is 1140. The predicted octanol–water partition coefficient (Wildman–Crippen LogP) is 6.61. The van der Waals surface area contributed by atoms with E-state index < -0.39 is 0 Å². The molecule has 1 amide bonds. The fourth-order valence-electron chi connectivity index (χ4n) is 4.51. The quantitative estimate of drug-likeness (QED) is 0.294. The van der Waals surface area contributed by atoms with E-state index in [2.05, 4.69) is 37.9 Å². The molecule has 0 unspecified atom stereocenters. The van der Waals surface area contributed by atoms with Crippen LogP contribution in [0.15, 0.2) is 32.8 Å². The fraction of sp³-hybridized carbons (Fsp3) is 0.417. The molecule has 2 aliphatic rings. The number of hydrogen-bond acceptors (Lipinski definition) is 5. The summed E-state index contributed by atoms with van der Waals surface area (Å²) in [4.78, 5) is 30.1. The minimum absolute atomic E-state index is 0. The first-order valence-corrected chi connectivity index (χ1v) is 12.2. The maximum Gasteiger partial charge on any atom is 0.409 e. The van der Waals surface area contributed by atoms with Crippen molar-refractivity contribution >= 4 is 49.2 Å². The van der Waals surface area contributed by atoms with E-state index in [9.17, 15) is 14.9 Å². The average Bonchev–Trinajstić information content (AvgIpc) is 2.92. The van der Waals surface area contributed by atoms with Crippen molar-refractivity contribution < 1.29 is 14.5 Å². The van der Waals surface area contributed by atoms with Crippen molar-refractivity contribution in [3.05, 3.63) is 70.9 Å². The number of nitro groups is 1. The van der Waals surface area contributed by atoms with E-state index in [1.165, 1.54) is 0 Å². The van der Waals surface area contributed by atoms with Gasteiger partial charge in [0, 0.05) is 45.4 Å². The zero-order valence-electron chi connectivity index (χ0n) is 17.9. The van der Waals surface area contributed by atoms with Gasteiger partial charge in [-0.15, -0.1) is 0 Å². The van der Waals surface area contributed by atoms with Crippen LogP contribution in [0.25, 0.3) is 5.57 Å². The number of rotatable bonds is 2. The maximum atomic E-state index is 12.2. The van der Waals surface area contributed by atoms with Crippen molar-refractivity contribution in [2.45, 2.75) is 47.0 Å². The molecular weight excluding hydrogens is 554 g/mol. The fourth-order valence-corrected chi connectivity index (χ4v) is 5.51. The summed E-state index contributed by atoms with van der Waals surface area (Å²) in [5.74, 6) is 0. The highest BCUT2D eigenvalue weighted by Crippen LogP contribution is 2.43. The summed E-state index contributed by atoms with van der Waals surface area (Å²) in [6.45, 7) is 5.02. The Kier molecular flexibility index (Phi) is 7.95. The van der Waals surface area contributed by atoms with Crippen molar-refractivity contribution in [1.29, 1.82) is 0 Å². The molecule has 1 aromatic heterocycles. The molecule has 0 N–H and O–H groups in total. The molecule has 1 aliphatic carbocycles. The molecule has 1 fully saturated rings. The van der Waals surface area contributed by atoms with Gasteiger partial charge in [-0.3, -0.25) is 15.1 Å². The molecule has 176 valence electrons. The van der Waals surface area contributed by atoms with Crippen molar-refractivity contribution in [1.82, 2.24) is 9.88 Å². The Morgan fingerprint density at radius 2 is 1.91 bits per heavy atom. The van der Waals surface area contributed by atoms with Gasteiger partial charge >= 0.3 is 6.09 Å². The first-order chi connectivity index (χ1) is 15.3. The van der Waals surface area contributed by atoms with Gasteiger partial charge in [-0.2, -0.15) is 0 Å². The summed E-state index contributed by atoms with van der Waals surface area (Å²) in [5.41, 5.74) is 6.77. The van der Waals surface area contributed by atoms with E-state index in [0.717, 1.165) is 55.3 Å². The third-order valence-electron chi connectivity index (χ3n) is 6.11. The standard InChI is InChI=1S/C23H23Br2N3O4.CH4/c1-3-32-23(29)27-8-6-14(7-9-27)20-18-11-19(28(30)31)13(2)21(25)17(18)5-4-15-10-16(24)12-26-22(15)20;/h10-12H,3-9H2,1-2H3;1H4. The number of pyridine rings is 1. The van der Waals surface area contributed by atoms with E-state index in [0.29, 0.717) is 38.1 Å². The van der Waals surface area contributed by atoms with Crippen molar-refractivity contribution in [2.24, 2.45) is 0 Å². The second-order valence-corrected chi connectivity index (χ2v) is 9.65. The number of fused-ring (bicyclic) bond motifs is 2. The number of carbonyl (C=O) groups excluding carboxylic acids is 1. The van der Waals surface area contributed by atoms with Crippen molar-refractivity contribution in [3.63, 3.8) is 0 Å². The number of halogens is 2. The van der Waals surface area contributed by atoms with Crippen LogP contribution in [-0.4, -0.2) is 40.6 Å². The summed E-state index contributed by atoms with van der Waals surface area (Å²) in [5, 5.41) is 11.8. The Balaban J connectivity index is 0.00000306. The van der Waals surface area contributed by atoms with Crippen molar-refractivity contribution in [2.75, 3.05) is 19.7 Å². The van der Waals surface area contributed by atoms with Crippen LogP contribution in [0.1, 0.15) is 55.1 Å². The number of amides is 1. The van der Waals surface area contributed by atoms with Crippen LogP contribution in [0.4, 0.5) is 10.5 Å². The number of nitrogens with zero attached hydrogens (tertiary/aromatic N) is 3. The van der Waals surface area contributed by atoms with Crippen LogP contribution in [0.2, 0.25) is 0 Å². The van der Waals surface area contributed by atoms with Gasteiger partial charge in [0.1, 0.15) is 0 Å². The number of hydrogen-bond donors (Lipinski definition) is 0. The maximum absolute atomic E-state index is 12.2. The second kappa shape index (κ2) is 10.3. The summed E-state index contributed by atoms with van der Waals surface area (Å²) in [7, 11) is 0. The summed E-state index contributed by atoms with van der Waals surface area (Å²) in [6, 6.07) is 3.78. The molecule has 7 nitrogen and oxygen atoms in total. The number of ether oxygens (including phenoxy) is 1. The highest BCUT2D eigenvalue weighted by molar-refractivity contribution is 9.10. The number of likely N-dealkylation sites (tertiary alicyclic amines) is 1. The average molecular weight is 581 g/mol. The lowest BCUT2D eigenvalue weighted by Gasteiger charge is -2.29. The molecule has 1 aromatic carbocycles. The first-order valence-electron chi connectivity index (χ1n) is 10.6. The van der Waals surface area contributed by atoms with Crippen LogP contribution in [0.5, 0.6) is 0 Å². The first kappa shape index (κ1) is 25.4. The van der Waals surface area contributed by atoms with Gasteiger partial charge in [-0.05, 0) is 94.1 Å². The van der Waals surface area contributed by atoms with E-state index in [4.69, 9.17) is 9.72 Å². The van der Waals surface area contributed by atoms with Crippen LogP contribution in [0.3, 0.4) is 0 Å². The molecule has 0 bridgehead atoms. The Labute approximate surface area is 210 Å². The topological polar surface area (TPSA) is 85.6 Å². The molecule has 0 saturated carbocycles. The van der Waals surface area contributed by atoms with E-state index >= 15 is 0 Å². The molecule has 33 heavy (non-hydrogen) atoms. The van der Waals surface area contributed by atoms with Crippen LogP contribution in [-0.2, 0) is 17.6 Å². The summed E-state index contributed by atoms with van der Waals surface area (Å²) < 4.78 is 6.85. The number of aromatic nitrogens is 1. The Morgan fingerprint density at radius 3 is 2.55 bits per heavy atom. The Hall–Kier alpha value is -2.26. The molecule has 2 heterocycles. The largest absolute Gasteiger partial charge is 0.450 e. The number of benzene rings is 1. The van der Waals surface area contributed by atoms with Gasteiger partial charge in [0.05, 0.1) is 17.2 Å². The molecule has 0 spiro atoms. The van der Waals surface area contributed by atoms with Gasteiger partial charge in [0.2, 0.25) is 0 Å². The highest BCUT2D eigenvalue weighted by atomic mass is 79.9. The predicted molar refractivity (Wildman–Crippen MR) is 135 cm³/mol. The molecule has 0 radical (unpaired) electrons. The number of aryl methyl sites for hydroxylation is 1. The second-order valence-electron chi connectivity index (χ2n) is 7.94. The van der Waals surface area contributed by atoms with Gasteiger partial charge in [0.25, 0.3) is 5.69 Å². The number of carbonyl (C=O) groups is 1. The molecular formula is C24H27Br2N3O4. The van der Waals surface area contributed by atoms with Crippen LogP contribution in [0, 0.1) is 17.0 Å². The molecule has 2 aromatic rings. The number of piperidine rings is 1. The summed E-state index contributed by atoms with van der Waals surface area (Å²) >= 11 is 7.18. The molecule has 1 aliphatic heterocycles. The smallest absolute Gasteiger partial charge is 0.409 e. The van der Waals surface area contributed by atoms with Crippen molar-refractivity contribution in [3.8, 4) is 0 Å². The molecule has 9 heteroatoms. The lowest BCUT2D eigenvalue weighted by Crippen LogP contribution is -2.37. The summed E-state index contributed by atoms with van der Waals surface area (Å²) in [6.07, 6.45) is 4.36. The lowest BCUT2D eigenvalue weighted by molar-refractivity contribution is -0.385. The van der Waals surface area contributed by atoms with Gasteiger partial charge in [0.15, 0.2) is 0 Å². The zero-order chi connectivity index (χ0) is 23.0. The molecule has 4 rings (SSSR count). The van der Waals surface area contributed by atoms with E-state index in [-0.39, 0.29) is 24.1 Å². The lowest BCUT2D eigenvalue weighted by atomic mass is 9.87. The SMILES string of the molecule is C.CCOC(=O)N1CCC(=C2c3cc([N+](=O)[O-])c(C)c(Br)c3CCc3cc(Br)cnc32)CC1. The third-order valence-corrected chi connectivity index (χ3v) is 7.62. The molecule has 1 saturated heterocycles. The number of nitro benzene ring substituents is 1. The van der Waals surface area contributed by atoms with Gasteiger partial charge < -0.3 is 9.64 Å².